The first kappa shape index (κ1) is 22.8. The minimum atomic E-state index is -0.572. The molecule has 0 radical (unpaired) electrons. The van der Waals surface area contributed by atoms with E-state index >= 15 is 0 Å². The third-order valence-corrected chi connectivity index (χ3v) is 5.70. The summed E-state index contributed by atoms with van der Waals surface area (Å²) in [5.74, 6) is 0.0304. The summed E-state index contributed by atoms with van der Waals surface area (Å²) < 4.78 is 7.30. The van der Waals surface area contributed by atoms with E-state index in [-0.39, 0.29) is 12.1 Å². The van der Waals surface area contributed by atoms with Crippen LogP contribution in [-0.2, 0) is 4.74 Å². The lowest BCUT2D eigenvalue weighted by Gasteiger charge is -2.41. The van der Waals surface area contributed by atoms with Crippen molar-refractivity contribution in [2.75, 3.05) is 24.5 Å². The lowest BCUT2D eigenvalue weighted by atomic mass is 10.1. The fourth-order valence-corrected chi connectivity index (χ4v) is 4.22. The number of nitrogens with zero attached hydrogens (tertiary/aromatic N) is 5. The third kappa shape index (κ3) is 4.59. The van der Waals surface area contributed by atoms with Crippen LogP contribution in [0.15, 0.2) is 36.8 Å². The van der Waals surface area contributed by atoms with Crippen molar-refractivity contribution < 1.29 is 14.3 Å². The molecular formula is C23H27ClN6O3. The number of carbonyl (C=O) groups excluding carboxylic acids is 2. The number of anilines is 1. The van der Waals surface area contributed by atoms with E-state index in [0.717, 1.165) is 5.69 Å². The summed E-state index contributed by atoms with van der Waals surface area (Å²) in [6.45, 7) is 8.98. The molecule has 0 unspecified atom stereocenters. The summed E-state index contributed by atoms with van der Waals surface area (Å²) in [4.78, 5) is 37.6. The van der Waals surface area contributed by atoms with Gasteiger partial charge in [-0.1, -0.05) is 17.7 Å². The van der Waals surface area contributed by atoms with Gasteiger partial charge in [-0.15, -0.1) is 0 Å². The SMILES string of the molecule is C[C@H]1CN(C(=O)OC(C)(C)C)CCN1c1ncnc2c1c(C(N)=O)cn2-c1cccc(Cl)c1. The highest BCUT2D eigenvalue weighted by Gasteiger charge is 2.32. The lowest BCUT2D eigenvalue weighted by Crippen LogP contribution is -2.55. The fraction of sp³-hybridized carbons (Fsp3) is 0.391. The first-order chi connectivity index (χ1) is 15.5. The van der Waals surface area contributed by atoms with Gasteiger partial charge in [0.15, 0.2) is 5.65 Å². The summed E-state index contributed by atoms with van der Waals surface area (Å²) in [6.07, 6.45) is 2.79. The molecule has 1 atom stereocenters. The topological polar surface area (TPSA) is 107 Å². The molecule has 1 aromatic carbocycles. The van der Waals surface area contributed by atoms with Crippen molar-refractivity contribution >= 4 is 40.5 Å². The minimum absolute atomic E-state index is 0.0698. The van der Waals surface area contributed by atoms with Gasteiger partial charge in [0.05, 0.1) is 10.9 Å². The van der Waals surface area contributed by atoms with Crippen LogP contribution in [0, 0.1) is 0 Å². The van der Waals surface area contributed by atoms with Crippen LogP contribution in [0.25, 0.3) is 16.7 Å². The van der Waals surface area contributed by atoms with Crippen molar-refractivity contribution in [3.05, 3.63) is 47.4 Å². The number of ether oxygens (including phenoxy) is 1. The number of hydrogen-bond acceptors (Lipinski definition) is 6. The van der Waals surface area contributed by atoms with Crippen LogP contribution < -0.4 is 10.6 Å². The molecule has 4 rings (SSSR count). The van der Waals surface area contributed by atoms with Crippen LogP contribution in [0.2, 0.25) is 5.02 Å². The number of hydrogen-bond donors (Lipinski definition) is 1. The second kappa shape index (κ2) is 8.55. The first-order valence-corrected chi connectivity index (χ1v) is 11.1. The van der Waals surface area contributed by atoms with Gasteiger partial charge in [-0.05, 0) is 45.9 Å². The summed E-state index contributed by atoms with van der Waals surface area (Å²) in [6, 6.07) is 7.20. The van der Waals surface area contributed by atoms with Crippen LogP contribution in [0.4, 0.5) is 10.6 Å². The Balaban J connectivity index is 1.72. The van der Waals surface area contributed by atoms with Gasteiger partial charge in [0.1, 0.15) is 17.7 Å². The number of amides is 2. The number of benzene rings is 1. The molecule has 1 aliphatic rings. The van der Waals surface area contributed by atoms with E-state index in [1.807, 2.05) is 39.8 Å². The number of halogens is 1. The van der Waals surface area contributed by atoms with Gasteiger partial charge >= 0.3 is 6.09 Å². The number of nitrogens with two attached hydrogens (primary N) is 1. The maximum atomic E-state index is 12.5. The molecular weight excluding hydrogens is 444 g/mol. The van der Waals surface area contributed by atoms with Gasteiger partial charge in [-0.25, -0.2) is 14.8 Å². The van der Waals surface area contributed by atoms with Gasteiger partial charge in [0, 0.05) is 42.6 Å². The molecule has 1 aliphatic heterocycles. The van der Waals surface area contributed by atoms with Crippen LogP contribution in [-0.4, -0.2) is 62.7 Å². The van der Waals surface area contributed by atoms with Crippen molar-refractivity contribution in [3.8, 4) is 5.69 Å². The maximum absolute atomic E-state index is 12.5. The molecule has 3 heterocycles. The highest BCUT2D eigenvalue weighted by molar-refractivity contribution is 6.30. The van der Waals surface area contributed by atoms with E-state index in [4.69, 9.17) is 22.1 Å². The van der Waals surface area contributed by atoms with Crippen molar-refractivity contribution in [2.24, 2.45) is 5.73 Å². The number of piperazine rings is 1. The zero-order valence-corrected chi connectivity index (χ0v) is 19.8. The molecule has 2 N–H and O–H groups in total. The quantitative estimate of drug-likeness (QED) is 0.626. The molecule has 1 saturated heterocycles. The number of rotatable bonds is 3. The highest BCUT2D eigenvalue weighted by atomic mass is 35.5. The van der Waals surface area contributed by atoms with Crippen LogP contribution >= 0.6 is 11.6 Å². The molecule has 1 fully saturated rings. The van der Waals surface area contributed by atoms with Crippen molar-refractivity contribution in [1.82, 2.24) is 19.4 Å². The van der Waals surface area contributed by atoms with E-state index in [1.165, 1.54) is 6.33 Å². The Morgan fingerprint density at radius 1 is 1.21 bits per heavy atom. The smallest absolute Gasteiger partial charge is 0.410 e. The molecule has 33 heavy (non-hydrogen) atoms. The lowest BCUT2D eigenvalue weighted by molar-refractivity contribution is 0.0218. The van der Waals surface area contributed by atoms with Crippen LogP contribution in [0.5, 0.6) is 0 Å². The van der Waals surface area contributed by atoms with Gasteiger partial charge in [0.25, 0.3) is 5.91 Å². The standard InChI is InChI=1S/C23H27ClN6O3/c1-14-11-28(22(32)33-23(2,3)4)8-9-29(14)20-18-17(19(25)31)12-30(21(18)27-13-26-20)16-7-5-6-15(24)10-16/h5-7,10,12-14H,8-9,11H2,1-4H3,(H2,25,31)/t14-/m0/s1. The highest BCUT2D eigenvalue weighted by Crippen LogP contribution is 2.32. The van der Waals surface area contributed by atoms with Crippen molar-refractivity contribution in [2.45, 2.75) is 39.3 Å². The summed E-state index contributed by atoms with van der Waals surface area (Å²) in [7, 11) is 0. The average Bonchev–Trinajstić information content (AvgIpc) is 3.13. The van der Waals surface area contributed by atoms with Gasteiger partial charge in [0.2, 0.25) is 0 Å². The summed E-state index contributed by atoms with van der Waals surface area (Å²) in [5, 5.41) is 1.14. The summed E-state index contributed by atoms with van der Waals surface area (Å²) >= 11 is 6.18. The van der Waals surface area contributed by atoms with Gasteiger partial charge < -0.3 is 24.8 Å². The zero-order valence-electron chi connectivity index (χ0n) is 19.1. The zero-order chi connectivity index (χ0) is 23.9. The number of primary amides is 1. The molecule has 0 saturated carbocycles. The fourth-order valence-electron chi connectivity index (χ4n) is 4.04. The Hall–Kier alpha value is -3.33. The number of aromatic nitrogens is 3. The average molecular weight is 471 g/mol. The molecule has 0 spiro atoms. The molecule has 0 aliphatic carbocycles. The normalized spacial score (nSPS) is 16.8. The van der Waals surface area contributed by atoms with Crippen LogP contribution in [0.1, 0.15) is 38.1 Å². The first-order valence-electron chi connectivity index (χ1n) is 10.7. The molecule has 2 aromatic heterocycles. The predicted octanol–water partition coefficient (Wildman–Crippen LogP) is 3.62. The third-order valence-electron chi connectivity index (χ3n) is 5.47. The monoisotopic (exact) mass is 470 g/mol. The second-order valence-electron chi connectivity index (χ2n) is 9.12. The molecule has 3 aromatic rings. The molecule has 0 bridgehead atoms. The second-order valence-corrected chi connectivity index (χ2v) is 9.56. The van der Waals surface area contributed by atoms with E-state index < -0.39 is 11.5 Å². The van der Waals surface area contributed by atoms with Crippen molar-refractivity contribution in [3.63, 3.8) is 0 Å². The van der Waals surface area contributed by atoms with Crippen molar-refractivity contribution in [1.29, 1.82) is 0 Å². The molecule has 10 heteroatoms. The van der Waals surface area contributed by atoms with Crippen LogP contribution in [0.3, 0.4) is 0 Å². The Morgan fingerprint density at radius 2 is 1.97 bits per heavy atom. The van der Waals surface area contributed by atoms with E-state index in [2.05, 4.69) is 14.9 Å². The Labute approximate surface area is 197 Å². The summed E-state index contributed by atoms with van der Waals surface area (Å²) in [5.41, 5.74) is 6.81. The molecule has 2 amide bonds. The Morgan fingerprint density at radius 3 is 2.61 bits per heavy atom. The minimum Gasteiger partial charge on any atom is -0.444 e. The van der Waals surface area contributed by atoms with Gasteiger partial charge in [-0.2, -0.15) is 0 Å². The number of fused-ring (bicyclic) bond motifs is 1. The molecule has 9 nitrogen and oxygen atoms in total. The largest absolute Gasteiger partial charge is 0.444 e. The van der Waals surface area contributed by atoms with Gasteiger partial charge in [-0.3, -0.25) is 4.79 Å². The number of carbonyl (C=O) groups is 2. The molecule has 174 valence electrons. The Kier molecular flexibility index (Phi) is 5.92. The van der Waals surface area contributed by atoms with E-state index in [1.54, 1.807) is 27.8 Å². The van der Waals surface area contributed by atoms with E-state index in [0.29, 0.717) is 47.1 Å². The maximum Gasteiger partial charge on any atom is 0.410 e. The van der Waals surface area contributed by atoms with E-state index in [9.17, 15) is 9.59 Å². The Bertz CT molecular complexity index is 1220. The predicted molar refractivity (Wildman–Crippen MR) is 127 cm³/mol.